The van der Waals surface area contributed by atoms with E-state index in [0.717, 1.165) is 18.4 Å². The van der Waals surface area contributed by atoms with E-state index in [1.807, 2.05) is 12.1 Å². The number of pyridine rings is 1. The zero-order valence-electron chi connectivity index (χ0n) is 19.7. The van der Waals surface area contributed by atoms with E-state index < -0.39 is 17.5 Å². The Hall–Kier alpha value is -3.52. The number of aromatic nitrogens is 4. The Kier molecular flexibility index (Phi) is 5.92. The first-order chi connectivity index (χ1) is 16.7. The quantitative estimate of drug-likeness (QED) is 0.301. The number of carbonyl (C=O) groups is 1. The second-order valence-electron chi connectivity index (χ2n) is 9.63. The standard InChI is InChI=1S/C26H25ClFN5O2/c1-26(2,3)35-25(34)32(15-18-10-9-17(12-20(18)28)21-6-4-5-11-29-21)23-13-22(27)31-24-19(16-7-8-16)14-30-33(23)24/h4-6,9-14,16H,7-8,15H2,1-3H3. The van der Waals surface area contributed by atoms with Crippen molar-refractivity contribution >= 4 is 29.2 Å². The fraction of sp³-hybridized carbons (Fsp3) is 0.308. The molecule has 9 heteroatoms. The Morgan fingerprint density at radius 2 is 2.03 bits per heavy atom. The van der Waals surface area contributed by atoms with Gasteiger partial charge >= 0.3 is 6.09 Å². The number of halogens is 2. The van der Waals surface area contributed by atoms with Crippen LogP contribution >= 0.6 is 11.6 Å². The minimum Gasteiger partial charge on any atom is -0.443 e. The molecule has 1 saturated carbocycles. The molecule has 0 unspecified atom stereocenters. The van der Waals surface area contributed by atoms with E-state index in [2.05, 4.69) is 15.1 Å². The maximum Gasteiger partial charge on any atom is 0.416 e. The van der Waals surface area contributed by atoms with Gasteiger partial charge in [0.25, 0.3) is 0 Å². The van der Waals surface area contributed by atoms with Crippen LogP contribution in [0.2, 0.25) is 5.15 Å². The number of hydrogen-bond acceptors (Lipinski definition) is 5. The van der Waals surface area contributed by atoms with E-state index in [-0.39, 0.29) is 11.7 Å². The Morgan fingerprint density at radius 3 is 2.69 bits per heavy atom. The molecule has 0 N–H and O–H groups in total. The molecule has 5 rings (SSSR count). The Labute approximate surface area is 207 Å². The average molecular weight is 494 g/mol. The highest BCUT2D eigenvalue weighted by atomic mass is 35.5. The third-order valence-corrected chi connectivity index (χ3v) is 5.89. The summed E-state index contributed by atoms with van der Waals surface area (Å²) in [5.74, 6) is 0.282. The summed E-state index contributed by atoms with van der Waals surface area (Å²) < 4.78 is 22.5. The summed E-state index contributed by atoms with van der Waals surface area (Å²) in [7, 11) is 0. The maximum absolute atomic E-state index is 15.3. The molecule has 1 aliphatic carbocycles. The molecule has 3 heterocycles. The summed E-state index contributed by atoms with van der Waals surface area (Å²) in [6.07, 6.45) is 4.90. The Morgan fingerprint density at radius 1 is 1.23 bits per heavy atom. The second-order valence-corrected chi connectivity index (χ2v) is 10.0. The number of benzene rings is 1. The molecule has 1 aliphatic rings. The Bertz CT molecular complexity index is 1400. The number of carbonyl (C=O) groups excluding carboxylic acids is 1. The number of ether oxygens (including phenoxy) is 1. The smallest absolute Gasteiger partial charge is 0.416 e. The lowest BCUT2D eigenvalue weighted by Gasteiger charge is -2.28. The van der Waals surface area contributed by atoms with E-state index >= 15 is 4.39 Å². The summed E-state index contributed by atoms with van der Waals surface area (Å²) in [5, 5.41) is 4.70. The van der Waals surface area contributed by atoms with Gasteiger partial charge in [-0.1, -0.05) is 29.8 Å². The van der Waals surface area contributed by atoms with E-state index in [4.69, 9.17) is 16.3 Å². The number of nitrogens with zero attached hydrogens (tertiary/aromatic N) is 5. The summed E-state index contributed by atoms with van der Waals surface area (Å²) >= 11 is 6.37. The first-order valence-electron chi connectivity index (χ1n) is 11.4. The molecule has 0 aliphatic heterocycles. The largest absolute Gasteiger partial charge is 0.443 e. The first kappa shape index (κ1) is 23.2. The zero-order valence-corrected chi connectivity index (χ0v) is 20.5. The lowest BCUT2D eigenvalue weighted by Crippen LogP contribution is -2.38. The Balaban J connectivity index is 1.56. The lowest BCUT2D eigenvalue weighted by atomic mass is 10.1. The van der Waals surface area contributed by atoms with Gasteiger partial charge in [0.05, 0.1) is 18.4 Å². The van der Waals surface area contributed by atoms with E-state index in [1.165, 1.54) is 11.0 Å². The number of fused-ring (bicyclic) bond motifs is 1. The summed E-state index contributed by atoms with van der Waals surface area (Å²) in [6, 6.07) is 11.8. The molecule has 3 aromatic heterocycles. The van der Waals surface area contributed by atoms with Crippen LogP contribution in [-0.2, 0) is 11.3 Å². The number of hydrogen-bond donors (Lipinski definition) is 0. The predicted octanol–water partition coefficient (Wildman–Crippen LogP) is 6.40. The maximum atomic E-state index is 15.3. The van der Waals surface area contributed by atoms with Crippen molar-refractivity contribution in [2.24, 2.45) is 0 Å². The number of rotatable bonds is 5. The predicted molar refractivity (Wildman–Crippen MR) is 132 cm³/mol. The summed E-state index contributed by atoms with van der Waals surface area (Å²) in [5.41, 5.74) is 2.44. The highest BCUT2D eigenvalue weighted by molar-refractivity contribution is 6.29. The third kappa shape index (κ3) is 4.98. The molecule has 4 aromatic rings. The van der Waals surface area contributed by atoms with Crippen LogP contribution in [0.1, 0.15) is 50.7 Å². The van der Waals surface area contributed by atoms with Gasteiger partial charge in [0.1, 0.15) is 22.4 Å². The molecule has 0 saturated heterocycles. The highest BCUT2D eigenvalue weighted by Crippen LogP contribution is 2.42. The molecule has 0 spiro atoms. The van der Waals surface area contributed by atoms with Gasteiger partial charge in [-0.2, -0.15) is 9.61 Å². The van der Waals surface area contributed by atoms with Crippen molar-refractivity contribution in [3.8, 4) is 11.3 Å². The lowest BCUT2D eigenvalue weighted by molar-refractivity contribution is 0.0575. The third-order valence-electron chi connectivity index (χ3n) is 5.70. The fourth-order valence-electron chi connectivity index (χ4n) is 3.90. The zero-order chi connectivity index (χ0) is 24.7. The molecular formula is C26H25ClFN5O2. The van der Waals surface area contributed by atoms with Crippen molar-refractivity contribution in [2.75, 3.05) is 4.90 Å². The van der Waals surface area contributed by atoms with Crippen molar-refractivity contribution in [3.05, 3.63) is 77.0 Å². The minimum absolute atomic E-state index is 0.0860. The van der Waals surface area contributed by atoms with Crippen molar-refractivity contribution in [3.63, 3.8) is 0 Å². The molecule has 1 fully saturated rings. The molecule has 35 heavy (non-hydrogen) atoms. The van der Waals surface area contributed by atoms with Crippen molar-refractivity contribution in [1.82, 2.24) is 19.6 Å². The van der Waals surface area contributed by atoms with Crippen LogP contribution in [0, 0.1) is 5.82 Å². The van der Waals surface area contributed by atoms with Gasteiger partial charge in [0.2, 0.25) is 0 Å². The van der Waals surface area contributed by atoms with Gasteiger partial charge in [-0.15, -0.1) is 0 Å². The number of amides is 1. The van der Waals surface area contributed by atoms with Crippen molar-refractivity contribution in [2.45, 2.75) is 51.7 Å². The van der Waals surface area contributed by atoms with Gasteiger partial charge < -0.3 is 4.74 Å². The monoisotopic (exact) mass is 493 g/mol. The summed E-state index contributed by atoms with van der Waals surface area (Å²) in [4.78, 5) is 23.4. The molecule has 1 aromatic carbocycles. The van der Waals surface area contributed by atoms with Crippen LogP contribution in [0.25, 0.3) is 16.9 Å². The van der Waals surface area contributed by atoms with Crippen LogP contribution in [0.5, 0.6) is 0 Å². The van der Waals surface area contributed by atoms with E-state index in [9.17, 15) is 4.79 Å². The number of anilines is 1. The van der Waals surface area contributed by atoms with Crippen LogP contribution in [0.15, 0.2) is 54.9 Å². The van der Waals surface area contributed by atoms with Gasteiger partial charge in [0.15, 0.2) is 5.65 Å². The molecule has 0 bridgehead atoms. The van der Waals surface area contributed by atoms with Gasteiger partial charge in [0, 0.05) is 29.0 Å². The van der Waals surface area contributed by atoms with E-state index in [1.54, 1.807) is 61.9 Å². The molecule has 7 nitrogen and oxygen atoms in total. The van der Waals surface area contributed by atoms with Crippen LogP contribution < -0.4 is 4.90 Å². The second kappa shape index (κ2) is 8.92. The van der Waals surface area contributed by atoms with Crippen LogP contribution in [-0.4, -0.2) is 31.3 Å². The molecule has 0 radical (unpaired) electrons. The topological polar surface area (TPSA) is 72.6 Å². The van der Waals surface area contributed by atoms with Gasteiger partial charge in [-0.05, 0) is 57.7 Å². The van der Waals surface area contributed by atoms with Gasteiger partial charge in [-0.3, -0.25) is 9.88 Å². The molecule has 1 amide bonds. The van der Waals surface area contributed by atoms with E-state index in [0.29, 0.717) is 34.2 Å². The minimum atomic E-state index is -0.754. The van der Waals surface area contributed by atoms with Crippen molar-refractivity contribution in [1.29, 1.82) is 0 Å². The first-order valence-corrected chi connectivity index (χ1v) is 11.8. The SMILES string of the molecule is CC(C)(C)OC(=O)N(Cc1ccc(-c2ccccn2)cc1F)c1cc(Cl)nc2c(C3CC3)cnn12. The van der Waals surface area contributed by atoms with Crippen molar-refractivity contribution < 1.29 is 13.9 Å². The van der Waals surface area contributed by atoms with Crippen LogP contribution in [0.3, 0.4) is 0 Å². The molecule has 0 atom stereocenters. The van der Waals surface area contributed by atoms with Crippen LogP contribution in [0.4, 0.5) is 15.0 Å². The molecular weight excluding hydrogens is 469 g/mol. The fourth-order valence-corrected chi connectivity index (χ4v) is 4.08. The normalized spacial score (nSPS) is 13.7. The highest BCUT2D eigenvalue weighted by Gasteiger charge is 2.31. The molecule has 180 valence electrons. The average Bonchev–Trinajstić information content (AvgIpc) is 3.56. The van der Waals surface area contributed by atoms with Gasteiger partial charge in [-0.25, -0.2) is 14.2 Å². The summed E-state index contributed by atoms with van der Waals surface area (Å²) in [6.45, 7) is 5.25.